The molecule has 0 fully saturated rings. The number of hydrogen-bond donors (Lipinski definition) is 1. The van der Waals surface area contributed by atoms with Gasteiger partial charge >= 0.3 is 0 Å². The Morgan fingerprint density at radius 3 is 2.67 bits per heavy atom. The van der Waals surface area contributed by atoms with E-state index in [0.29, 0.717) is 6.54 Å². The van der Waals surface area contributed by atoms with Gasteiger partial charge in [0.1, 0.15) is 0 Å². The minimum atomic E-state index is 0.545. The summed E-state index contributed by atoms with van der Waals surface area (Å²) in [5.41, 5.74) is 6.46. The summed E-state index contributed by atoms with van der Waals surface area (Å²) in [5, 5.41) is 0. The lowest BCUT2D eigenvalue weighted by Crippen LogP contribution is -1.93. The van der Waals surface area contributed by atoms with E-state index in [-0.39, 0.29) is 0 Å². The molecule has 1 aromatic rings. The first kappa shape index (κ1) is 7.54. The zero-order chi connectivity index (χ0) is 6.85. The quantitative estimate of drug-likeness (QED) is 0.783. The monoisotopic (exact) mass is 225 g/mol. The summed E-state index contributed by atoms with van der Waals surface area (Å²) in [7, 11) is 0. The maximum Gasteiger partial charge on any atom is 0.0943 e. The fraction of sp³-hybridized carbons (Fsp3) is 0.200. The molecular formula is C5H5BrClNS. The predicted octanol–water partition coefficient (Wildman–Crippen LogP) is 2.62. The van der Waals surface area contributed by atoms with E-state index in [0.717, 1.165) is 13.7 Å². The fourth-order valence-electron chi connectivity index (χ4n) is 0.514. The average molecular weight is 227 g/mol. The highest BCUT2D eigenvalue weighted by Crippen LogP contribution is 2.30. The number of thiophene rings is 1. The summed E-state index contributed by atoms with van der Waals surface area (Å²) in [6, 6.07) is 1.87. The van der Waals surface area contributed by atoms with E-state index < -0.39 is 0 Å². The molecule has 0 saturated carbocycles. The van der Waals surface area contributed by atoms with Gasteiger partial charge in [0.05, 0.1) is 8.12 Å². The first-order valence-electron chi connectivity index (χ1n) is 2.38. The van der Waals surface area contributed by atoms with Crippen LogP contribution >= 0.6 is 38.9 Å². The second kappa shape index (κ2) is 3.01. The van der Waals surface area contributed by atoms with Crippen molar-refractivity contribution in [1.82, 2.24) is 0 Å². The van der Waals surface area contributed by atoms with Crippen molar-refractivity contribution in [2.45, 2.75) is 6.54 Å². The van der Waals surface area contributed by atoms with Crippen LogP contribution in [-0.4, -0.2) is 0 Å². The Bertz CT molecular complexity index is 211. The van der Waals surface area contributed by atoms with E-state index in [1.54, 1.807) is 0 Å². The van der Waals surface area contributed by atoms with Crippen LogP contribution in [0.3, 0.4) is 0 Å². The topological polar surface area (TPSA) is 26.0 Å². The van der Waals surface area contributed by atoms with Gasteiger partial charge in [-0.1, -0.05) is 11.6 Å². The summed E-state index contributed by atoms with van der Waals surface area (Å²) in [6.07, 6.45) is 0. The summed E-state index contributed by atoms with van der Waals surface area (Å²) in [5.74, 6) is 0. The maximum absolute atomic E-state index is 5.68. The molecule has 1 rings (SSSR count). The highest BCUT2D eigenvalue weighted by atomic mass is 79.9. The highest BCUT2D eigenvalue weighted by molar-refractivity contribution is 9.11. The van der Waals surface area contributed by atoms with Gasteiger partial charge in [-0.15, -0.1) is 11.3 Å². The lowest BCUT2D eigenvalue weighted by molar-refractivity contribution is 1.08. The second-order valence-corrected chi connectivity index (χ2v) is 4.55. The lowest BCUT2D eigenvalue weighted by Gasteiger charge is -1.86. The molecule has 2 N–H and O–H groups in total. The Morgan fingerprint density at radius 2 is 2.44 bits per heavy atom. The van der Waals surface area contributed by atoms with E-state index in [9.17, 15) is 0 Å². The molecule has 0 radical (unpaired) electrons. The normalized spacial score (nSPS) is 10.1. The van der Waals surface area contributed by atoms with Crippen molar-refractivity contribution in [2.24, 2.45) is 5.73 Å². The van der Waals surface area contributed by atoms with Crippen molar-refractivity contribution in [1.29, 1.82) is 0 Å². The largest absolute Gasteiger partial charge is 0.326 e. The minimum absolute atomic E-state index is 0.545. The van der Waals surface area contributed by atoms with Gasteiger partial charge < -0.3 is 5.73 Å². The first-order chi connectivity index (χ1) is 4.24. The zero-order valence-corrected chi connectivity index (χ0v) is 7.68. The minimum Gasteiger partial charge on any atom is -0.326 e. The number of rotatable bonds is 1. The third kappa shape index (κ3) is 1.67. The van der Waals surface area contributed by atoms with E-state index in [1.807, 2.05) is 6.07 Å². The smallest absolute Gasteiger partial charge is 0.0943 e. The van der Waals surface area contributed by atoms with Gasteiger partial charge in [0.2, 0.25) is 0 Å². The summed E-state index contributed by atoms with van der Waals surface area (Å²) in [6.45, 7) is 0.545. The molecule has 0 aliphatic rings. The van der Waals surface area contributed by atoms with Crippen LogP contribution in [0, 0.1) is 0 Å². The fourth-order valence-corrected chi connectivity index (χ4v) is 2.60. The van der Waals surface area contributed by atoms with Crippen LogP contribution in [0.15, 0.2) is 9.85 Å². The molecule has 0 aliphatic heterocycles. The Labute approximate surface area is 70.9 Å². The van der Waals surface area contributed by atoms with Gasteiger partial charge in [-0.3, -0.25) is 0 Å². The molecule has 1 aromatic heterocycles. The van der Waals surface area contributed by atoms with Crippen molar-refractivity contribution < 1.29 is 0 Å². The van der Waals surface area contributed by atoms with Gasteiger partial charge in [0.15, 0.2) is 0 Å². The zero-order valence-electron chi connectivity index (χ0n) is 4.53. The molecule has 0 unspecified atom stereocenters. The second-order valence-electron chi connectivity index (χ2n) is 1.55. The van der Waals surface area contributed by atoms with Crippen LogP contribution in [0.25, 0.3) is 0 Å². The third-order valence-corrected chi connectivity index (χ3v) is 3.04. The molecule has 0 aliphatic carbocycles. The molecule has 4 heteroatoms. The van der Waals surface area contributed by atoms with Crippen molar-refractivity contribution in [3.63, 3.8) is 0 Å². The van der Waals surface area contributed by atoms with E-state index >= 15 is 0 Å². The SMILES string of the molecule is NCc1cc(Cl)sc1Br. The van der Waals surface area contributed by atoms with Crippen LogP contribution in [0.2, 0.25) is 4.34 Å². The Morgan fingerprint density at radius 1 is 1.78 bits per heavy atom. The van der Waals surface area contributed by atoms with Crippen molar-refractivity contribution in [3.05, 3.63) is 19.8 Å². The predicted molar refractivity (Wildman–Crippen MR) is 44.9 cm³/mol. The molecule has 0 bridgehead atoms. The van der Waals surface area contributed by atoms with Gasteiger partial charge in [-0.2, -0.15) is 0 Å². The molecule has 1 heterocycles. The average Bonchev–Trinajstić information content (AvgIpc) is 2.10. The van der Waals surface area contributed by atoms with Crippen LogP contribution < -0.4 is 5.73 Å². The number of hydrogen-bond acceptors (Lipinski definition) is 2. The molecule has 0 spiro atoms. The van der Waals surface area contributed by atoms with Crippen molar-refractivity contribution >= 4 is 38.9 Å². The first-order valence-corrected chi connectivity index (χ1v) is 4.36. The van der Waals surface area contributed by atoms with Gasteiger partial charge in [-0.05, 0) is 27.6 Å². The van der Waals surface area contributed by atoms with E-state index in [1.165, 1.54) is 11.3 Å². The van der Waals surface area contributed by atoms with Gasteiger partial charge in [0, 0.05) is 6.54 Å². The Balaban J connectivity index is 3.01. The van der Waals surface area contributed by atoms with Crippen molar-refractivity contribution in [2.75, 3.05) is 0 Å². The number of halogens is 2. The molecule has 1 nitrogen and oxygen atoms in total. The molecule has 0 saturated heterocycles. The maximum atomic E-state index is 5.68. The molecule has 9 heavy (non-hydrogen) atoms. The van der Waals surface area contributed by atoms with Gasteiger partial charge in [0.25, 0.3) is 0 Å². The van der Waals surface area contributed by atoms with Gasteiger partial charge in [-0.25, -0.2) is 0 Å². The highest BCUT2D eigenvalue weighted by Gasteiger charge is 2.01. The molecule has 0 amide bonds. The van der Waals surface area contributed by atoms with Crippen LogP contribution in [0.5, 0.6) is 0 Å². The molecule has 0 atom stereocenters. The van der Waals surface area contributed by atoms with Crippen LogP contribution in [0.1, 0.15) is 5.56 Å². The summed E-state index contributed by atoms with van der Waals surface area (Å²) in [4.78, 5) is 0. The van der Waals surface area contributed by atoms with E-state index in [2.05, 4.69) is 15.9 Å². The molecular weight excluding hydrogens is 221 g/mol. The van der Waals surface area contributed by atoms with Crippen LogP contribution in [0.4, 0.5) is 0 Å². The standard InChI is InChI=1S/C5H5BrClNS/c6-5-3(2-8)1-4(7)9-5/h1H,2,8H2. The lowest BCUT2D eigenvalue weighted by atomic mass is 10.4. The molecule has 50 valence electrons. The number of nitrogens with two attached hydrogens (primary N) is 1. The molecule has 0 aromatic carbocycles. The Hall–Kier alpha value is 0.430. The third-order valence-electron chi connectivity index (χ3n) is 0.947. The van der Waals surface area contributed by atoms with Crippen molar-refractivity contribution in [3.8, 4) is 0 Å². The summed E-state index contributed by atoms with van der Waals surface area (Å²) < 4.78 is 1.82. The summed E-state index contributed by atoms with van der Waals surface area (Å²) >= 11 is 10.5. The van der Waals surface area contributed by atoms with E-state index in [4.69, 9.17) is 17.3 Å². The van der Waals surface area contributed by atoms with Crippen LogP contribution in [-0.2, 0) is 6.54 Å². The Kier molecular flexibility index (Phi) is 2.52.